The quantitative estimate of drug-likeness (QED) is 0.922. The molecule has 0 aromatic carbocycles. The molecule has 0 radical (unpaired) electrons. The van der Waals surface area contributed by atoms with Crippen LogP contribution < -0.4 is 5.73 Å². The van der Waals surface area contributed by atoms with Crippen molar-refractivity contribution in [1.82, 2.24) is 10.1 Å². The molecule has 0 saturated carbocycles. The molecule has 2 aromatic rings. The van der Waals surface area contributed by atoms with E-state index in [0.29, 0.717) is 11.1 Å². The second-order valence-electron chi connectivity index (χ2n) is 4.04. The summed E-state index contributed by atoms with van der Waals surface area (Å²) in [6.07, 6.45) is 0. The number of thioether (sulfide) groups is 1. The van der Waals surface area contributed by atoms with Crippen LogP contribution in [0.4, 0.5) is 5.00 Å². The fourth-order valence-corrected chi connectivity index (χ4v) is 2.83. The van der Waals surface area contributed by atoms with Gasteiger partial charge in [-0.05, 0) is 23.8 Å². The number of anilines is 1. The van der Waals surface area contributed by atoms with E-state index in [-0.39, 0.29) is 0 Å². The topological polar surface area (TPSA) is 64.9 Å². The molecule has 17 heavy (non-hydrogen) atoms. The molecule has 0 bridgehead atoms. The molecule has 0 saturated heterocycles. The second-order valence-corrected chi connectivity index (χ2v) is 6.69. The van der Waals surface area contributed by atoms with Crippen molar-refractivity contribution < 1.29 is 4.52 Å². The van der Waals surface area contributed by atoms with E-state index >= 15 is 0 Å². The summed E-state index contributed by atoms with van der Waals surface area (Å²) in [5.41, 5.74) is 6.83. The van der Waals surface area contributed by atoms with Crippen LogP contribution in [0.3, 0.4) is 0 Å². The Bertz CT molecular complexity index is 505. The SMILES string of the molecule is Cc1cc(N)sc1-c1nc(CSC(C)C)no1. The van der Waals surface area contributed by atoms with E-state index in [1.807, 2.05) is 13.0 Å². The highest BCUT2D eigenvalue weighted by atomic mass is 32.2. The van der Waals surface area contributed by atoms with Gasteiger partial charge in [0, 0.05) is 0 Å². The van der Waals surface area contributed by atoms with Gasteiger partial charge < -0.3 is 10.3 Å². The maximum Gasteiger partial charge on any atom is 0.268 e. The molecular weight excluding hydrogens is 254 g/mol. The zero-order chi connectivity index (χ0) is 12.4. The molecule has 0 aliphatic carbocycles. The first-order valence-corrected chi connectivity index (χ1v) is 7.23. The Morgan fingerprint density at radius 1 is 1.53 bits per heavy atom. The summed E-state index contributed by atoms with van der Waals surface area (Å²) in [5, 5.41) is 5.31. The van der Waals surface area contributed by atoms with Crippen LogP contribution in [0.1, 0.15) is 25.2 Å². The molecule has 0 amide bonds. The molecule has 2 rings (SSSR count). The van der Waals surface area contributed by atoms with E-state index < -0.39 is 0 Å². The predicted octanol–water partition coefficient (Wildman–Crippen LogP) is 3.33. The van der Waals surface area contributed by atoms with E-state index in [9.17, 15) is 0 Å². The van der Waals surface area contributed by atoms with Gasteiger partial charge in [0.1, 0.15) is 0 Å². The monoisotopic (exact) mass is 269 g/mol. The van der Waals surface area contributed by atoms with Crippen molar-refractivity contribution in [1.29, 1.82) is 0 Å². The van der Waals surface area contributed by atoms with Crippen molar-refractivity contribution in [2.45, 2.75) is 31.8 Å². The Morgan fingerprint density at radius 2 is 2.29 bits per heavy atom. The van der Waals surface area contributed by atoms with Gasteiger partial charge in [-0.2, -0.15) is 16.7 Å². The fraction of sp³-hybridized carbons (Fsp3) is 0.455. The van der Waals surface area contributed by atoms with Gasteiger partial charge >= 0.3 is 0 Å². The summed E-state index contributed by atoms with van der Waals surface area (Å²) < 4.78 is 5.26. The van der Waals surface area contributed by atoms with E-state index in [1.165, 1.54) is 11.3 Å². The molecule has 0 aliphatic rings. The number of thiophene rings is 1. The lowest BCUT2D eigenvalue weighted by Gasteiger charge is -1.98. The highest BCUT2D eigenvalue weighted by molar-refractivity contribution is 7.99. The van der Waals surface area contributed by atoms with Gasteiger partial charge in [-0.1, -0.05) is 19.0 Å². The molecule has 0 spiro atoms. The van der Waals surface area contributed by atoms with Gasteiger partial charge in [0.25, 0.3) is 5.89 Å². The molecule has 2 aromatic heterocycles. The maximum atomic E-state index is 5.75. The predicted molar refractivity (Wildman–Crippen MR) is 73.2 cm³/mol. The molecule has 0 fully saturated rings. The molecular formula is C11H15N3OS2. The molecule has 2 N–H and O–H groups in total. The number of hydrogen-bond acceptors (Lipinski definition) is 6. The Hall–Kier alpha value is -1.01. The third-order valence-electron chi connectivity index (χ3n) is 2.14. The van der Waals surface area contributed by atoms with Crippen molar-refractivity contribution >= 4 is 28.1 Å². The number of nitrogen functional groups attached to an aromatic ring is 1. The van der Waals surface area contributed by atoms with Crippen LogP contribution in [0.15, 0.2) is 10.6 Å². The Labute approximate surface area is 109 Å². The average molecular weight is 269 g/mol. The van der Waals surface area contributed by atoms with Crippen LogP contribution in [0.5, 0.6) is 0 Å². The summed E-state index contributed by atoms with van der Waals surface area (Å²) in [5.74, 6) is 2.09. The Balaban J connectivity index is 2.15. The number of aryl methyl sites for hydroxylation is 1. The van der Waals surface area contributed by atoms with Crippen LogP contribution in [0.25, 0.3) is 10.8 Å². The normalized spacial score (nSPS) is 11.3. The van der Waals surface area contributed by atoms with Crippen LogP contribution in [-0.4, -0.2) is 15.4 Å². The molecule has 0 unspecified atom stereocenters. The van der Waals surface area contributed by atoms with Gasteiger partial charge in [0.05, 0.1) is 15.6 Å². The summed E-state index contributed by atoms with van der Waals surface area (Å²) in [7, 11) is 0. The van der Waals surface area contributed by atoms with Crippen molar-refractivity contribution in [2.24, 2.45) is 0 Å². The zero-order valence-electron chi connectivity index (χ0n) is 10.1. The minimum absolute atomic E-state index is 0.566. The first kappa shape index (κ1) is 12.4. The molecule has 2 heterocycles. The van der Waals surface area contributed by atoms with Gasteiger partial charge in [0.2, 0.25) is 0 Å². The van der Waals surface area contributed by atoms with E-state index in [1.54, 1.807) is 11.8 Å². The maximum absolute atomic E-state index is 5.75. The smallest absolute Gasteiger partial charge is 0.268 e. The summed E-state index contributed by atoms with van der Waals surface area (Å²) in [6, 6.07) is 1.92. The van der Waals surface area contributed by atoms with Gasteiger partial charge in [-0.15, -0.1) is 11.3 Å². The third-order valence-corrected chi connectivity index (χ3v) is 4.29. The first-order chi connectivity index (χ1) is 8.06. The fourth-order valence-electron chi connectivity index (χ4n) is 1.37. The van der Waals surface area contributed by atoms with Crippen LogP contribution >= 0.6 is 23.1 Å². The zero-order valence-corrected chi connectivity index (χ0v) is 11.7. The lowest BCUT2D eigenvalue weighted by molar-refractivity contribution is 0.426. The number of nitrogens with zero attached hydrogens (tertiary/aromatic N) is 2. The minimum atomic E-state index is 0.566. The van der Waals surface area contributed by atoms with E-state index in [2.05, 4.69) is 24.0 Å². The highest BCUT2D eigenvalue weighted by Gasteiger charge is 2.14. The lowest BCUT2D eigenvalue weighted by Crippen LogP contribution is -1.90. The van der Waals surface area contributed by atoms with Crippen molar-refractivity contribution in [2.75, 3.05) is 5.73 Å². The van der Waals surface area contributed by atoms with Gasteiger partial charge in [-0.3, -0.25) is 0 Å². The van der Waals surface area contributed by atoms with Crippen LogP contribution in [0, 0.1) is 6.92 Å². The Kier molecular flexibility index (Phi) is 3.73. The lowest BCUT2D eigenvalue weighted by atomic mass is 10.3. The molecule has 92 valence electrons. The van der Waals surface area contributed by atoms with Crippen molar-refractivity contribution in [3.05, 3.63) is 17.5 Å². The first-order valence-electron chi connectivity index (χ1n) is 5.36. The minimum Gasteiger partial charge on any atom is -0.391 e. The number of hydrogen-bond donors (Lipinski definition) is 1. The average Bonchev–Trinajstić information content (AvgIpc) is 2.82. The Morgan fingerprint density at radius 3 is 2.88 bits per heavy atom. The standard InChI is InChI=1S/C11H15N3OS2/c1-6(2)16-5-9-13-11(15-14-9)10-7(3)4-8(12)17-10/h4,6H,5,12H2,1-3H3. The van der Waals surface area contributed by atoms with Crippen LogP contribution in [0.2, 0.25) is 0 Å². The molecule has 0 aliphatic heterocycles. The highest BCUT2D eigenvalue weighted by Crippen LogP contribution is 2.32. The van der Waals surface area contributed by atoms with Gasteiger partial charge in [0.15, 0.2) is 5.82 Å². The number of rotatable bonds is 4. The van der Waals surface area contributed by atoms with Crippen molar-refractivity contribution in [3.8, 4) is 10.8 Å². The largest absolute Gasteiger partial charge is 0.391 e. The van der Waals surface area contributed by atoms with E-state index in [0.717, 1.165) is 27.0 Å². The number of aromatic nitrogens is 2. The summed E-state index contributed by atoms with van der Waals surface area (Å²) in [6.45, 7) is 6.29. The molecule has 6 heteroatoms. The molecule has 0 atom stereocenters. The second kappa shape index (κ2) is 5.10. The van der Waals surface area contributed by atoms with E-state index in [4.69, 9.17) is 10.3 Å². The molecule has 4 nitrogen and oxygen atoms in total. The van der Waals surface area contributed by atoms with Gasteiger partial charge in [-0.25, -0.2) is 0 Å². The number of nitrogens with two attached hydrogens (primary N) is 1. The third kappa shape index (κ3) is 3.01. The summed E-state index contributed by atoms with van der Waals surface area (Å²) >= 11 is 3.28. The van der Waals surface area contributed by atoms with Crippen LogP contribution in [-0.2, 0) is 5.75 Å². The van der Waals surface area contributed by atoms with Crippen molar-refractivity contribution in [3.63, 3.8) is 0 Å². The summed E-state index contributed by atoms with van der Waals surface area (Å²) in [4.78, 5) is 5.35.